The van der Waals surface area contributed by atoms with Gasteiger partial charge in [0.1, 0.15) is 0 Å². The van der Waals surface area contributed by atoms with Gasteiger partial charge < -0.3 is 0 Å². The van der Waals surface area contributed by atoms with E-state index < -0.39 is 20.0 Å². The van der Waals surface area contributed by atoms with Crippen molar-refractivity contribution in [2.24, 2.45) is 5.41 Å². The minimum atomic E-state index is -3.02. The first-order chi connectivity index (χ1) is 18.8. The maximum atomic E-state index is 2.75. The second-order valence-electron chi connectivity index (χ2n) is 12.8. The van der Waals surface area contributed by atoms with Crippen molar-refractivity contribution >= 4 is 12.2 Å². The van der Waals surface area contributed by atoms with Crippen molar-refractivity contribution in [3.63, 3.8) is 0 Å². The Hall–Kier alpha value is -2.77. The van der Waals surface area contributed by atoms with Gasteiger partial charge in [-0.3, -0.25) is 0 Å². The van der Waals surface area contributed by atoms with Crippen LogP contribution in [0, 0.1) is 19.3 Å². The van der Waals surface area contributed by atoms with Crippen molar-refractivity contribution in [2.75, 3.05) is 0 Å². The van der Waals surface area contributed by atoms with Crippen LogP contribution >= 0.6 is 0 Å². The SMILES string of the molecule is CCC1(C)C2=Cc3c(-c4ccccc4C)cccc3[CH]2[Hf]([CH3])([CH3])[CH]2C1=Cc1c(-c3ccccc3C)cccc12. The minimum absolute atomic E-state index is 0.0783. The number of benzene rings is 4. The molecule has 0 spiro atoms. The van der Waals surface area contributed by atoms with Gasteiger partial charge in [-0.1, -0.05) is 0 Å². The molecule has 1 aliphatic heterocycles. The van der Waals surface area contributed by atoms with Crippen molar-refractivity contribution in [1.29, 1.82) is 0 Å². The summed E-state index contributed by atoms with van der Waals surface area (Å²) in [4.78, 5) is 0. The molecule has 2 unspecified atom stereocenters. The van der Waals surface area contributed by atoms with Gasteiger partial charge in [-0.05, 0) is 0 Å². The monoisotopic (exact) mass is 674 g/mol. The Labute approximate surface area is 238 Å². The first kappa shape index (κ1) is 25.2. The Morgan fingerprint density at radius 1 is 0.590 bits per heavy atom. The molecule has 39 heavy (non-hydrogen) atoms. The quantitative estimate of drug-likeness (QED) is 0.190. The van der Waals surface area contributed by atoms with Crippen LogP contribution in [0.15, 0.2) is 96.1 Å². The van der Waals surface area contributed by atoms with Crippen molar-refractivity contribution in [3.05, 3.63) is 129 Å². The normalized spacial score (nSPS) is 23.8. The first-order valence-corrected chi connectivity index (χ1v) is 25.9. The van der Waals surface area contributed by atoms with Gasteiger partial charge in [-0.15, -0.1) is 0 Å². The molecule has 4 aromatic carbocycles. The van der Waals surface area contributed by atoms with E-state index in [-0.39, 0.29) is 5.41 Å². The Bertz CT molecular complexity index is 1590. The standard InChI is InChI=1S/C36H32.2CH3.Hf/c1-5-36(4,28-20-26-14-10-18-32(34(26)22-28)30-16-8-6-12-24(30)2)29-21-27-15-11-19-33(35(27)23-29)31-17-9-7-13-25(31)3;;;/h6-23H,5H2,1-4H3;2*1H3;. The molecule has 0 radical (unpaired) electrons. The molecular weight excluding hydrogens is 635 g/mol. The summed E-state index contributed by atoms with van der Waals surface area (Å²) >= 11 is -3.02. The summed E-state index contributed by atoms with van der Waals surface area (Å²) < 4.78 is 6.75. The predicted octanol–water partition coefficient (Wildman–Crippen LogP) is 10.9. The van der Waals surface area contributed by atoms with E-state index >= 15 is 0 Å². The van der Waals surface area contributed by atoms with Gasteiger partial charge in [0.05, 0.1) is 0 Å². The fourth-order valence-electron chi connectivity index (χ4n) is 8.32. The molecule has 2 aliphatic carbocycles. The van der Waals surface area contributed by atoms with Crippen molar-refractivity contribution < 1.29 is 20.0 Å². The van der Waals surface area contributed by atoms with Gasteiger partial charge in [-0.25, -0.2) is 0 Å². The molecule has 7 rings (SSSR count). The molecule has 4 aromatic rings. The van der Waals surface area contributed by atoms with Crippen LogP contribution in [0.25, 0.3) is 34.4 Å². The van der Waals surface area contributed by atoms with E-state index in [1.165, 1.54) is 44.5 Å². The van der Waals surface area contributed by atoms with Crippen LogP contribution in [0.2, 0.25) is 9.36 Å². The van der Waals surface area contributed by atoms with E-state index in [9.17, 15) is 0 Å². The van der Waals surface area contributed by atoms with Crippen molar-refractivity contribution in [1.82, 2.24) is 0 Å². The molecule has 0 bridgehead atoms. The van der Waals surface area contributed by atoms with Crippen LogP contribution < -0.4 is 0 Å². The molecule has 0 nitrogen and oxygen atoms in total. The van der Waals surface area contributed by atoms with E-state index in [0.717, 1.165) is 6.42 Å². The molecule has 194 valence electrons. The molecule has 0 amide bonds. The summed E-state index contributed by atoms with van der Waals surface area (Å²) in [5.41, 5.74) is 18.0. The summed E-state index contributed by atoms with van der Waals surface area (Å²) in [5, 5.41) is 0. The Balaban J connectivity index is 1.47. The topological polar surface area (TPSA) is 0 Å². The van der Waals surface area contributed by atoms with Crippen LogP contribution in [-0.4, -0.2) is 0 Å². The number of hydrogen-bond donors (Lipinski definition) is 0. The van der Waals surface area contributed by atoms with Crippen molar-refractivity contribution in [2.45, 2.75) is 50.8 Å². The molecule has 1 heteroatoms. The average molecular weight is 673 g/mol. The second-order valence-corrected chi connectivity index (χ2v) is 30.1. The maximum absolute atomic E-state index is 3.02. The zero-order valence-corrected chi connectivity index (χ0v) is 27.7. The fraction of sp³-hybridized carbons (Fsp3) is 0.263. The zero-order valence-electron chi connectivity index (χ0n) is 24.1. The van der Waals surface area contributed by atoms with E-state index in [1.54, 1.807) is 22.3 Å². The number of rotatable bonds is 3. The molecule has 1 saturated heterocycles. The number of aryl methyl sites for hydroxylation is 2. The van der Waals surface area contributed by atoms with Crippen LogP contribution in [0.3, 0.4) is 0 Å². The third-order valence-electron chi connectivity index (χ3n) is 10.5. The Morgan fingerprint density at radius 3 is 1.41 bits per heavy atom. The third kappa shape index (κ3) is 3.45. The molecule has 2 atom stereocenters. The Morgan fingerprint density at radius 2 is 1.00 bits per heavy atom. The third-order valence-corrected chi connectivity index (χ3v) is 25.6. The molecule has 1 fully saturated rings. The van der Waals surface area contributed by atoms with Gasteiger partial charge in [0.25, 0.3) is 0 Å². The number of hydrogen-bond acceptors (Lipinski definition) is 0. The molecule has 0 aromatic heterocycles. The molecule has 1 heterocycles. The predicted molar refractivity (Wildman–Crippen MR) is 165 cm³/mol. The summed E-state index contributed by atoms with van der Waals surface area (Å²) in [6, 6.07) is 32.1. The van der Waals surface area contributed by atoms with Crippen LogP contribution in [0.5, 0.6) is 0 Å². The molecule has 3 aliphatic rings. The van der Waals surface area contributed by atoms with Gasteiger partial charge in [0.15, 0.2) is 0 Å². The zero-order chi connectivity index (χ0) is 27.1. The van der Waals surface area contributed by atoms with Crippen LogP contribution in [0.4, 0.5) is 0 Å². The van der Waals surface area contributed by atoms with Crippen LogP contribution in [-0.2, 0) is 20.0 Å². The van der Waals surface area contributed by atoms with Crippen LogP contribution in [0.1, 0.15) is 61.0 Å². The van der Waals surface area contributed by atoms with E-state index in [2.05, 4.69) is 134 Å². The number of allylic oxidation sites excluding steroid dienone is 2. The van der Waals surface area contributed by atoms with E-state index in [4.69, 9.17) is 0 Å². The van der Waals surface area contributed by atoms with Gasteiger partial charge in [0.2, 0.25) is 0 Å². The second kappa shape index (κ2) is 8.87. The summed E-state index contributed by atoms with van der Waals surface area (Å²) in [7, 11) is 0. The average Bonchev–Trinajstić information content (AvgIpc) is 3.54. The van der Waals surface area contributed by atoms with Gasteiger partial charge in [-0.2, -0.15) is 0 Å². The number of fused-ring (bicyclic) bond motifs is 6. The first-order valence-electron chi connectivity index (χ1n) is 14.6. The molecule has 0 saturated carbocycles. The van der Waals surface area contributed by atoms with Gasteiger partial charge >= 0.3 is 240 Å². The van der Waals surface area contributed by atoms with E-state index in [0.29, 0.717) is 7.35 Å². The van der Waals surface area contributed by atoms with E-state index in [1.807, 2.05) is 0 Å². The summed E-state index contributed by atoms with van der Waals surface area (Å²) in [6.45, 7) is 9.48. The van der Waals surface area contributed by atoms with Crippen molar-refractivity contribution in [3.8, 4) is 22.3 Å². The summed E-state index contributed by atoms with van der Waals surface area (Å²) in [5.74, 6) is 0. The molecular formula is C38H38Hf. The fourth-order valence-corrected chi connectivity index (χ4v) is 25.7. The van der Waals surface area contributed by atoms with Gasteiger partial charge in [0, 0.05) is 0 Å². The molecule has 0 N–H and O–H groups in total. The summed E-state index contributed by atoms with van der Waals surface area (Å²) in [6.07, 6.45) is 6.44. The Kier molecular flexibility index (Phi) is 5.73.